The van der Waals surface area contributed by atoms with Crippen LogP contribution in [0, 0.1) is 13.8 Å². The number of amides is 1. The number of nitrogens with one attached hydrogen (secondary N) is 1. The second-order valence-electron chi connectivity index (χ2n) is 6.60. The van der Waals surface area contributed by atoms with Crippen molar-refractivity contribution >= 4 is 5.91 Å². The molecule has 3 aromatic rings. The minimum absolute atomic E-state index is 0.156. The Morgan fingerprint density at radius 3 is 2.67 bits per heavy atom. The molecule has 142 valence electrons. The predicted octanol–water partition coefficient (Wildman–Crippen LogP) is 3.24. The van der Waals surface area contributed by atoms with E-state index in [9.17, 15) is 4.79 Å². The first kappa shape index (κ1) is 18.7. The van der Waals surface area contributed by atoms with Crippen molar-refractivity contribution < 1.29 is 9.53 Å². The molecule has 0 saturated carbocycles. The van der Waals surface area contributed by atoms with Gasteiger partial charge in [-0.2, -0.15) is 10.2 Å². The van der Waals surface area contributed by atoms with Crippen LogP contribution in [0.1, 0.15) is 47.2 Å². The second kappa shape index (κ2) is 8.07. The van der Waals surface area contributed by atoms with E-state index in [1.54, 1.807) is 23.1 Å². The highest BCUT2D eigenvalue weighted by molar-refractivity contribution is 5.92. The lowest BCUT2D eigenvalue weighted by Gasteiger charge is -2.14. The van der Waals surface area contributed by atoms with E-state index in [2.05, 4.69) is 21.6 Å². The SMILES string of the molecule is CCn1nccc1C(C)NC(=O)c1ccn(COc2cc(C)cc(C)c2)n1. The largest absolute Gasteiger partial charge is 0.471 e. The molecule has 0 bridgehead atoms. The quantitative estimate of drug-likeness (QED) is 0.696. The van der Waals surface area contributed by atoms with E-state index in [1.165, 1.54) is 0 Å². The highest BCUT2D eigenvalue weighted by Crippen LogP contribution is 2.17. The highest BCUT2D eigenvalue weighted by Gasteiger charge is 2.16. The number of aryl methyl sites for hydroxylation is 3. The molecule has 7 heteroatoms. The number of ether oxygens (including phenoxy) is 1. The van der Waals surface area contributed by atoms with Gasteiger partial charge in [-0.25, -0.2) is 4.68 Å². The van der Waals surface area contributed by atoms with Crippen molar-refractivity contribution in [2.45, 2.75) is 47.0 Å². The molecular formula is C20H25N5O2. The number of rotatable bonds is 7. The van der Waals surface area contributed by atoms with Crippen LogP contribution >= 0.6 is 0 Å². The van der Waals surface area contributed by atoms with Crippen molar-refractivity contribution in [1.82, 2.24) is 24.9 Å². The molecule has 1 atom stereocenters. The molecule has 1 aromatic carbocycles. The van der Waals surface area contributed by atoms with Gasteiger partial charge in [0.1, 0.15) is 11.4 Å². The molecule has 0 fully saturated rings. The summed E-state index contributed by atoms with van der Waals surface area (Å²) >= 11 is 0. The van der Waals surface area contributed by atoms with Crippen molar-refractivity contribution in [3.05, 3.63) is 65.2 Å². The molecule has 0 aliphatic heterocycles. The number of hydrogen-bond donors (Lipinski definition) is 1. The van der Waals surface area contributed by atoms with Crippen LogP contribution in [-0.2, 0) is 13.3 Å². The lowest BCUT2D eigenvalue weighted by atomic mass is 10.1. The Hall–Kier alpha value is -3.09. The van der Waals surface area contributed by atoms with E-state index < -0.39 is 0 Å². The summed E-state index contributed by atoms with van der Waals surface area (Å²) in [6.45, 7) is 9.01. The van der Waals surface area contributed by atoms with E-state index in [0.717, 1.165) is 29.1 Å². The summed E-state index contributed by atoms with van der Waals surface area (Å²) in [6.07, 6.45) is 3.47. The smallest absolute Gasteiger partial charge is 0.272 e. The van der Waals surface area contributed by atoms with Crippen LogP contribution < -0.4 is 10.1 Å². The third-order valence-electron chi connectivity index (χ3n) is 4.27. The lowest BCUT2D eigenvalue weighted by molar-refractivity contribution is 0.0931. The van der Waals surface area contributed by atoms with Crippen LogP contribution in [0.15, 0.2) is 42.7 Å². The summed E-state index contributed by atoms with van der Waals surface area (Å²) in [5, 5.41) is 11.5. The zero-order chi connectivity index (χ0) is 19.4. The minimum Gasteiger partial charge on any atom is -0.471 e. The fraction of sp³-hybridized carbons (Fsp3) is 0.350. The van der Waals surface area contributed by atoms with Gasteiger partial charge >= 0.3 is 0 Å². The number of nitrogens with zero attached hydrogens (tertiary/aromatic N) is 4. The van der Waals surface area contributed by atoms with Gasteiger partial charge in [-0.05, 0) is 63.1 Å². The van der Waals surface area contributed by atoms with E-state index >= 15 is 0 Å². The zero-order valence-electron chi connectivity index (χ0n) is 16.1. The molecule has 7 nitrogen and oxygen atoms in total. The number of carbonyl (C=O) groups is 1. The summed E-state index contributed by atoms with van der Waals surface area (Å²) < 4.78 is 9.24. The Morgan fingerprint density at radius 2 is 1.96 bits per heavy atom. The van der Waals surface area contributed by atoms with Gasteiger partial charge in [-0.15, -0.1) is 0 Å². The third kappa shape index (κ3) is 4.55. The fourth-order valence-corrected chi connectivity index (χ4v) is 3.03. The van der Waals surface area contributed by atoms with E-state index in [1.807, 2.05) is 50.6 Å². The number of benzene rings is 1. The van der Waals surface area contributed by atoms with E-state index in [-0.39, 0.29) is 18.7 Å². The standard InChI is InChI=1S/C20H25N5O2/c1-5-25-19(6-8-21-25)16(4)22-20(26)18-7-9-24(23-18)13-27-17-11-14(2)10-15(3)12-17/h6-12,16H,5,13H2,1-4H3,(H,22,26). The normalized spacial score (nSPS) is 12.0. The van der Waals surface area contributed by atoms with Crippen LogP contribution in [0.25, 0.3) is 0 Å². The summed E-state index contributed by atoms with van der Waals surface area (Å²) in [7, 11) is 0. The van der Waals surface area contributed by atoms with Gasteiger partial charge in [-0.3, -0.25) is 9.48 Å². The van der Waals surface area contributed by atoms with Crippen LogP contribution in [0.3, 0.4) is 0 Å². The van der Waals surface area contributed by atoms with Gasteiger partial charge in [-0.1, -0.05) is 6.07 Å². The van der Waals surface area contributed by atoms with Crippen molar-refractivity contribution in [3.63, 3.8) is 0 Å². The summed E-state index contributed by atoms with van der Waals surface area (Å²) in [4.78, 5) is 12.5. The maximum atomic E-state index is 12.5. The van der Waals surface area contributed by atoms with Crippen LogP contribution in [0.2, 0.25) is 0 Å². The molecule has 2 heterocycles. The molecule has 3 rings (SSSR count). The Morgan fingerprint density at radius 1 is 1.22 bits per heavy atom. The van der Waals surface area contributed by atoms with Gasteiger partial charge in [0.15, 0.2) is 6.73 Å². The highest BCUT2D eigenvalue weighted by atomic mass is 16.5. The molecule has 27 heavy (non-hydrogen) atoms. The van der Waals surface area contributed by atoms with E-state index in [4.69, 9.17) is 4.74 Å². The lowest BCUT2D eigenvalue weighted by Crippen LogP contribution is -2.28. The van der Waals surface area contributed by atoms with Gasteiger partial charge in [0.25, 0.3) is 5.91 Å². The van der Waals surface area contributed by atoms with Crippen molar-refractivity contribution in [2.75, 3.05) is 0 Å². The zero-order valence-corrected chi connectivity index (χ0v) is 16.1. The molecule has 0 aliphatic rings. The Balaban J connectivity index is 1.60. The molecule has 0 radical (unpaired) electrons. The molecule has 1 amide bonds. The van der Waals surface area contributed by atoms with Gasteiger partial charge < -0.3 is 10.1 Å². The second-order valence-corrected chi connectivity index (χ2v) is 6.60. The Kier molecular flexibility index (Phi) is 5.59. The minimum atomic E-state index is -0.225. The number of aromatic nitrogens is 4. The number of carbonyl (C=O) groups excluding carboxylic acids is 1. The molecule has 0 aliphatic carbocycles. The maximum absolute atomic E-state index is 12.5. The Labute approximate surface area is 159 Å². The first-order valence-corrected chi connectivity index (χ1v) is 9.03. The molecular weight excluding hydrogens is 342 g/mol. The summed E-state index contributed by atoms with van der Waals surface area (Å²) in [6, 6.07) is 9.48. The van der Waals surface area contributed by atoms with Crippen molar-refractivity contribution in [2.24, 2.45) is 0 Å². The Bertz CT molecular complexity index is 908. The van der Waals surface area contributed by atoms with E-state index in [0.29, 0.717) is 5.69 Å². The van der Waals surface area contributed by atoms with Gasteiger partial charge in [0.2, 0.25) is 0 Å². The van der Waals surface area contributed by atoms with Gasteiger partial charge in [0, 0.05) is 18.9 Å². The monoisotopic (exact) mass is 367 g/mol. The average molecular weight is 367 g/mol. The molecule has 2 aromatic heterocycles. The first-order valence-electron chi connectivity index (χ1n) is 9.03. The fourth-order valence-electron chi connectivity index (χ4n) is 3.03. The average Bonchev–Trinajstić information content (AvgIpc) is 3.28. The molecule has 0 saturated heterocycles. The number of hydrogen-bond acceptors (Lipinski definition) is 4. The molecule has 1 N–H and O–H groups in total. The molecule has 1 unspecified atom stereocenters. The third-order valence-corrected chi connectivity index (χ3v) is 4.27. The topological polar surface area (TPSA) is 74.0 Å². The molecule has 0 spiro atoms. The van der Waals surface area contributed by atoms with Crippen molar-refractivity contribution in [1.29, 1.82) is 0 Å². The van der Waals surface area contributed by atoms with Crippen LogP contribution in [-0.4, -0.2) is 25.5 Å². The summed E-state index contributed by atoms with van der Waals surface area (Å²) in [5.74, 6) is 0.562. The summed E-state index contributed by atoms with van der Waals surface area (Å²) in [5.41, 5.74) is 3.61. The maximum Gasteiger partial charge on any atom is 0.272 e. The first-order chi connectivity index (χ1) is 13.0. The predicted molar refractivity (Wildman–Crippen MR) is 103 cm³/mol. The van der Waals surface area contributed by atoms with Crippen molar-refractivity contribution in [3.8, 4) is 5.75 Å². The van der Waals surface area contributed by atoms with Crippen LogP contribution in [0.5, 0.6) is 5.75 Å². The van der Waals surface area contributed by atoms with Crippen LogP contribution in [0.4, 0.5) is 0 Å². The van der Waals surface area contributed by atoms with Gasteiger partial charge in [0.05, 0.1) is 11.7 Å².